The highest BCUT2D eigenvalue weighted by atomic mass is 35.5. The summed E-state index contributed by atoms with van der Waals surface area (Å²) in [5, 5.41) is 0.579. The number of aryl methyl sites for hydroxylation is 2. The number of amides is 1. The van der Waals surface area contributed by atoms with E-state index in [4.69, 9.17) is 11.6 Å². The summed E-state index contributed by atoms with van der Waals surface area (Å²) in [5.41, 5.74) is 2.77. The Hall–Kier alpha value is -2.15. The van der Waals surface area contributed by atoms with Gasteiger partial charge in [0.1, 0.15) is 0 Å². The van der Waals surface area contributed by atoms with Crippen LogP contribution in [0, 0.1) is 13.8 Å². The minimum atomic E-state index is -3.55. The molecule has 1 amide bonds. The molecule has 0 spiro atoms. The highest BCUT2D eigenvalue weighted by Crippen LogP contribution is 2.21. The van der Waals surface area contributed by atoms with Gasteiger partial charge in [-0.1, -0.05) is 35.9 Å². The molecule has 148 valence electrons. The van der Waals surface area contributed by atoms with Crippen LogP contribution in [0.3, 0.4) is 0 Å². The Balaban J connectivity index is 1.64. The summed E-state index contributed by atoms with van der Waals surface area (Å²) in [6.45, 7) is 5.12. The Morgan fingerprint density at radius 2 is 1.68 bits per heavy atom. The van der Waals surface area contributed by atoms with Crippen LogP contribution in [0.4, 0.5) is 0 Å². The third-order valence-corrected chi connectivity index (χ3v) is 7.22. The summed E-state index contributed by atoms with van der Waals surface area (Å²) in [4.78, 5) is 14.4. The fourth-order valence-corrected chi connectivity index (χ4v) is 4.76. The van der Waals surface area contributed by atoms with E-state index in [1.807, 2.05) is 38.1 Å². The van der Waals surface area contributed by atoms with Gasteiger partial charge in [-0.2, -0.15) is 4.31 Å². The lowest BCUT2D eigenvalue weighted by molar-refractivity contribution is -0.127. The van der Waals surface area contributed by atoms with Crippen molar-refractivity contribution in [2.75, 3.05) is 26.2 Å². The number of piperazine rings is 1. The van der Waals surface area contributed by atoms with E-state index in [0.29, 0.717) is 23.0 Å². The molecule has 0 aromatic heterocycles. The zero-order chi connectivity index (χ0) is 20.3. The fraction of sp³-hybridized carbons (Fsp3) is 0.286. The average molecular weight is 419 g/mol. The maximum Gasteiger partial charge on any atom is 0.246 e. The molecule has 1 aliphatic rings. The molecule has 1 heterocycles. The Morgan fingerprint density at radius 3 is 2.32 bits per heavy atom. The summed E-state index contributed by atoms with van der Waals surface area (Å²) in [6, 6.07) is 12.4. The third-order valence-electron chi connectivity index (χ3n) is 4.98. The van der Waals surface area contributed by atoms with Crippen molar-refractivity contribution >= 4 is 33.6 Å². The SMILES string of the molecule is Cc1ccc(S(=O)(=O)N2CCN(C(=O)/C=C/c3ccccc3Cl)CC2)cc1C. The van der Waals surface area contributed by atoms with E-state index in [9.17, 15) is 13.2 Å². The van der Waals surface area contributed by atoms with E-state index >= 15 is 0 Å². The van der Waals surface area contributed by atoms with Gasteiger partial charge in [0.25, 0.3) is 0 Å². The van der Waals surface area contributed by atoms with Crippen molar-refractivity contribution in [1.29, 1.82) is 0 Å². The van der Waals surface area contributed by atoms with Gasteiger partial charge >= 0.3 is 0 Å². The number of carbonyl (C=O) groups is 1. The van der Waals surface area contributed by atoms with Gasteiger partial charge in [-0.3, -0.25) is 4.79 Å². The molecule has 1 saturated heterocycles. The van der Waals surface area contributed by atoms with E-state index in [1.54, 1.807) is 29.2 Å². The highest BCUT2D eigenvalue weighted by Gasteiger charge is 2.29. The van der Waals surface area contributed by atoms with Gasteiger partial charge in [0.2, 0.25) is 15.9 Å². The summed E-state index contributed by atoms with van der Waals surface area (Å²) in [7, 11) is -3.55. The first-order chi connectivity index (χ1) is 13.3. The van der Waals surface area contributed by atoms with E-state index in [0.717, 1.165) is 16.7 Å². The zero-order valence-corrected chi connectivity index (χ0v) is 17.5. The van der Waals surface area contributed by atoms with Crippen LogP contribution in [0.5, 0.6) is 0 Å². The maximum atomic E-state index is 12.9. The minimum Gasteiger partial charge on any atom is -0.337 e. The van der Waals surface area contributed by atoms with Crippen molar-refractivity contribution in [3.05, 3.63) is 70.3 Å². The molecule has 1 aliphatic heterocycles. The first-order valence-electron chi connectivity index (χ1n) is 9.08. The van der Waals surface area contributed by atoms with Crippen molar-refractivity contribution in [2.45, 2.75) is 18.7 Å². The van der Waals surface area contributed by atoms with Gasteiger partial charge < -0.3 is 4.90 Å². The van der Waals surface area contributed by atoms with E-state index in [1.165, 1.54) is 10.4 Å². The lowest BCUT2D eigenvalue weighted by atomic mass is 10.1. The molecular formula is C21H23ClN2O3S. The van der Waals surface area contributed by atoms with E-state index in [2.05, 4.69) is 0 Å². The van der Waals surface area contributed by atoms with Crippen molar-refractivity contribution in [1.82, 2.24) is 9.21 Å². The molecule has 0 aliphatic carbocycles. The predicted octanol–water partition coefficient (Wildman–Crippen LogP) is 3.50. The van der Waals surface area contributed by atoms with Crippen molar-refractivity contribution in [2.24, 2.45) is 0 Å². The van der Waals surface area contributed by atoms with Gasteiger partial charge in [-0.05, 0) is 54.8 Å². The second kappa shape index (κ2) is 8.47. The van der Waals surface area contributed by atoms with Crippen molar-refractivity contribution in [3.63, 3.8) is 0 Å². The standard InChI is InChI=1S/C21H23ClN2O3S/c1-16-7-9-19(15-17(16)2)28(26,27)24-13-11-23(12-14-24)21(25)10-8-18-5-3-4-6-20(18)22/h3-10,15H,11-14H2,1-2H3/b10-8+. The van der Waals surface area contributed by atoms with Gasteiger partial charge in [0, 0.05) is 37.3 Å². The molecule has 0 N–H and O–H groups in total. The van der Waals surface area contributed by atoms with Crippen LogP contribution in [-0.2, 0) is 14.8 Å². The predicted molar refractivity (Wildman–Crippen MR) is 112 cm³/mol. The van der Waals surface area contributed by atoms with Crippen LogP contribution in [-0.4, -0.2) is 49.7 Å². The average Bonchev–Trinajstić information content (AvgIpc) is 2.69. The smallest absolute Gasteiger partial charge is 0.246 e. The summed E-state index contributed by atoms with van der Waals surface area (Å²) in [5.74, 6) is -0.150. The molecule has 7 heteroatoms. The van der Waals surface area contributed by atoms with Crippen molar-refractivity contribution in [3.8, 4) is 0 Å². The summed E-state index contributed by atoms with van der Waals surface area (Å²) >= 11 is 6.09. The maximum absolute atomic E-state index is 12.9. The second-order valence-corrected chi connectivity index (χ2v) is 9.18. The molecule has 0 unspecified atom stereocenters. The Morgan fingerprint density at radius 1 is 1.00 bits per heavy atom. The van der Waals surface area contributed by atoms with Gasteiger partial charge in [0.05, 0.1) is 4.90 Å². The lowest BCUT2D eigenvalue weighted by Gasteiger charge is -2.33. The topological polar surface area (TPSA) is 57.7 Å². The molecule has 0 bridgehead atoms. The van der Waals surface area contributed by atoms with Gasteiger partial charge in [0.15, 0.2) is 0 Å². The summed E-state index contributed by atoms with van der Waals surface area (Å²) in [6.07, 6.45) is 3.16. The molecule has 3 rings (SSSR count). The number of sulfonamides is 1. The fourth-order valence-electron chi connectivity index (χ4n) is 3.05. The van der Waals surface area contributed by atoms with Crippen LogP contribution < -0.4 is 0 Å². The first-order valence-corrected chi connectivity index (χ1v) is 10.9. The number of rotatable bonds is 4. The highest BCUT2D eigenvalue weighted by molar-refractivity contribution is 7.89. The number of nitrogens with zero attached hydrogens (tertiary/aromatic N) is 2. The largest absolute Gasteiger partial charge is 0.337 e. The zero-order valence-electron chi connectivity index (χ0n) is 15.9. The Labute approximate surface area is 171 Å². The number of carbonyl (C=O) groups excluding carboxylic acids is 1. The molecule has 0 atom stereocenters. The minimum absolute atomic E-state index is 0.150. The molecule has 2 aromatic carbocycles. The van der Waals surface area contributed by atoms with Crippen LogP contribution in [0.25, 0.3) is 6.08 Å². The van der Waals surface area contributed by atoms with Crippen LogP contribution in [0.2, 0.25) is 5.02 Å². The Kier molecular flexibility index (Phi) is 6.23. The number of hydrogen-bond donors (Lipinski definition) is 0. The van der Waals surface area contributed by atoms with Crippen molar-refractivity contribution < 1.29 is 13.2 Å². The van der Waals surface area contributed by atoms with Gasteiger partial charge in [-0.25, -0.2) is 8.42 Å². The second-order valence-electron chi connectivity index (χ2n) is 6.83. The van der Waals surface area contributed by atoms with Crippen LogP contribution in [0.15, 0.2) is 53.4 Å². The number of benzene rings is 2. The van der Waals surface area contributed by atoms with E-state index < -0.39 is 10.0 Å². The third kappa shape index (κ3) is 4.46. The Bertz CT molecular complexity index is 1010. The first kappa shape index (κ1) is 20.6. The molecule has 1 fully saturated rings. The molecule has 5 nitrogen and oxygen atoms in total. The molecule has 0 radical (unpaired) electrons. The van der Waals surface area contributed by atoms with E-state index in [-0.39, 0.29) is 19.0 Å². The molecule has 2 aromatic rings. The summed E-state index contributed by atoms with van der Waals surface area (Å²) < 4.78 is 27.2. The van der Waals surface area contributed by atoms with Crippen LogP contribution >= 0.6 is 11.6 Å². The van der Waals surface area contributed by atoms with Gasteiger partial charge in [-0.15, -0.1) is 0 Å². The number of halogens is 1. The molecule has 28 heavy (non-hydrogen) atoms. The molecular weight excluding hydrogens is 396 g/mol. The normalized spacial score (nSPS) is 15.9. The quantitative estimate of drug-likeness (QED) is 0.714. The number of hydrogen-bond acceptors (Lipinski definition) is 3. The lowest BCUT2D eigenvalue weighted by Crippen LogP contribution is -2.50. The molecule has 0 saturated carbocycles. The van der Waals surface area contributed by atoms with Crippen LogP contribution in [0.1, 0.15) is 16.7 Å². The monoisotopic (exact) mass is 418 g/mol.